The van der Waals surface area contributed by atoms with Crippen LogP contribution in [0.1, 0.15) is 37.7 Å². The number of carbonyl (C=O) groups excluding carboxylic acids is 2. The molecule has 136 valence electrons. The lowest BCUT2D eigenvalue weighted by molar-refractivity contribution is -0.137. The zero-order chi connectivity index (χ0) is 17.9. The molecule has 1 saturated carbocycles. The maximum atomic E-state index is 12.7. The Hall–Kier alpha value is -1.88. The van der Waals surface area contributed by atoms with Gasteiger partial charge in [0.2, 0.25) is 11.8 Å². The Morgan fingerprint density at radius 3 is 2.64 bits per heavy atom. The Balaban J connectivity index is 1.51. The van der Waals surface area contributed by atoms with Crippen molar-refractivity contribution in [2.24, 2.45) is 5.92 Å². The van der Waals surface area contributed by atoms with Crippen LogP contribution in [0.2, 0.25) is 0 Å². The molecule has 1 N–H and O–H groups in total. The van der Waals surface area contributed by atoms with E-state index in [-0.39, 0.29) is 24.2 Å². The number of nitrogens with zero attached hydrogens (tertiary/aromatic N) is 2. The van der Waals surface area contributed by atoms with E-state index in [0.29, 0.717) is 19.6 Å². The van der Waals surface area contributed by atoms with Gasteiger partial charge in [-0.1, -0.05) is 43.2 Å². The normalized spacial score (nSPS) is 22.4. The van der Waals surface area contributed by atoms with Crippen molar-refractivity contribution in [1.29, 1.82) is 0 Å². The molecule has 1 aliphatic carbocycles. The second-order valence-electron chi connectivity index (χ2n) is 7.60. The molecule has 1 unspecified atom stereocenters. The number of hydrogen-bond acceptors (Lipinski definition) is 3. The summed E-state index contributed by atoms with van der Waals surface area (Å²) in [6.45, 7) is 1.52. The summed E-state index contributed by atoms with van der Waals surface area (Å²) in [6.07, 6.45) is 4.66. The summed E-state index contributed by atoms with van der Waals surface area (Å²) in [5, 5.41) is 10.5. The van der Waals surface area contributed by atoms with Crippen LogP contribution in [-0.4, -0.2) is 59.0 Å². The van der Waals surface area contributed by atoms with Gasteiger partial charge in [-0.2, -0.15) is 0 Å². The van der Waals surface area contributed by atoms with Gasteiger partial charge < -0.3 is 14.9 Å². The second kappa shape index (κ2) is 7.56. The molecule has 1 atom stereocenters. The molecule has 5 heteroatoms. The van der Waals surface area contributed by atoms with Crippen LogP contribution in [-0.2, 0) is 16.0 Å². The van der Waals surface area contributed by atoms with Gasteiger partial charge in [0.15, 0.2) is 0 Å². The van der Waals surface area contributed by atoms with Crippen LogP contribution in [0.5, 0.6) is 0 Å². The van der Waals surface area contributed by atoms with Gasteiger partial charge in [0, 0.05) is 33.1 Å². The first kappa shape index (κ1) is 17.9. The number of rotatable bonds is 6. The first-order valence-electron chi connectivity index (χ1n) is 9.26. The molecular weight excluding hydrogens is 316 g/mol. The first-order valence-corrected chi connectivity index (χ1v) is 9.26. The Kier molecular flexibility index (Phi) is 5.42. The average molecular weight is 344 g/mol. The quantitative estimate of drug-likeness (QED) is 0.857. The molecule has 1 aromatic carbocycles. The number of carbonyl (C=O) groups is 2. The Morgan fingerprint density at radius 1 is 1.28 bits per heavy atom. The van der Waals surface area contributed by atoms with Crippen molar-refractivity contribution in [2.45, 2.75) is 44.1 Å². The molecule has 0 bridgehead atoms. The third-order valence-corrected chi connectivity index (χ3v) is 5.52. The lowest BCUT2D eigenvalue weighted by Gasteiger charge is -2.30. The highest BCUT2D eigenvalue weighted by Gasteiger charge is 2.38. The minimum absolute atomic E-state index is 0.0177. The first-order chi connectivity index (χ1) is 12.0. The van der Waals surface area contributed by atoms with Gasteiger partial charge in [-0.25, -0.2) is 0 Å². The minimum atomic E-state index is -0.736. The van der Waals surface area contributed by atoms with Gasteiger partial charge >= 0.3 is 0 Å². The van der Waals surface area contributed by atoms with E-state index >= 15 is 0 Å². The predicted octanol–water partition coefficient (Wildman–Crippen LogP) is 1.84. The van der Waals surface area contributed by atoms with E-state index in [1.54, 1.807) is 16.8 Å². The number of likely N-dealkylation sites (tertiary alicyclic amines) is 1. The molecule has 0 spiro atoms. The summed E-state index contributed by atoms with van der Waals surface area (Å²) in [5.41, 5.74) is 0.464. The largest absolute Gasteiger partial charge is 0.388 e. The molecule has 0 aromatic heterocycles. The fourth-order valence-electron chi connectivity index (χ4n) is 4.08. The van der Waals surface area contributed by atoms with Crippen LogP contribution in [0.3, 0.4) is 0 Å². The molecule has 2 amide bonds. The smallest absolute Gasteiger partial charge is 0.227 e. The van der Waals surface area contributed by atoms with Crippen molar-refractivity contribution < 1.29 is 14.7 Å². The number of amides is 2. The molecule has 25 heavy (non-hydrogen) atoms. The summed E-state index contributed by atoms with van der Waals surface area (Å²) in [7, 11) is 1.75. The number of likely N-dealkylation sites (N-methyl/N-ethyl adjacent to an activating group) is 1. The maximum Gasteiger partial charge on any atom is 0.227 e. The predicted molar refractivity (Wildman–Crippen MR) is 95.9 cm³/mol. The summed E-state index contributed by atoms with van der Waals surface area (Å²) in [4.78, 5) is 28.4. The van der Waals surface area contributed by atoms with E-state index in [4.69, 9.17) is 0 Å². The van der Waals surface area contributed by atoms with Crippen molar-refractivity contribution in [1.82, 2.24) is 9.80 Å². The monoisotopic (exact) mass is 344 g/mol. The molecule has 3 rings (SSSR count). The molecule has 5 nitrogen and oxygen atoms in total. The fraction of sp³-hybridized carbons (Fsp3) is 0.600. The van der Waals surface area contributed by atoms with E-state index in [9.17, 15) is 14.7 Å². The lowest BCUT2D eigenvalue weighted by atomic mass is 10.0. The van der Waals surface area contributed by atoms with Gasteiger partial charge in [0.25, 0.3) is 0 Å². The molecule has 1 saturated heterocycles. The van der Waals surface area contributed by atoms with E-state index in [1.807, 2.05) is 18.2 Å². The Bertz CT molecular complexity index is 611. The van der Waals surface area contributed by atoms with Crippen molar-refractivity contribution in [3.63, 3.8) is 0 Å². The molecular formula is C20H28N2O3. The van der Waals surface area contributed by atoms with Gasteiger partial charge in [-0.15, -0.1) is 0 Å². The van der Waals surface area contributed by atoms with E-state index in [0.717, 1.165) is 32.1 Å². The van der Waals surface area contributed by atoms with Gasteiger partial charge in [-0.05, 0) is 24.8 Å². The Labute approximate surface area is 149 Å². The van der Waals surface area contributed by atoms with Crippen molar-refractivity contribution in [2.75, 3.05) is 26.7 Å². The second-order valence-corrected chi connectivity index (χ2v) is 7.60. The molecule has 1 aromatic rings. The molecule has 2 aliphatic rings. The zero-order valence-corrected chi connectivity index (χ0v) is 15.0. The molecule has 1 aliphatic heterocycles. The van der Waals surface area contributed by atoms with E-state index < -0.39 is 5.60 Å². The summed E-state index contributed by atoms with van der Waals surface area (Å²) >= 11 is 0. The molecule has 2 fully saturated rings. The van der Waals surface area contributed by atoms with Crippen LogP contribution in [0, 0.1) is 5.92 Å². The zero-order valence-electron chi connectivity index (χ0n) is 15.0. The van der Waals surface area contributed by atoms with E-state index in [1.165, 1.54) is 5.56 Å². The van der Waals surface area contributed by atoms with Gasteiger partial charge in [0.05, 0.1) is 11.5 Å². The third kappa shape index (κ3) is 4.40. The maximum absolute atomic E-state index is 12.7. The highest BCUT2D eigenvalue weighted by atomic mass is 16.3. The van der Waals surface area contributed by atoms with Gasteiger partial charge in [0.1, 0.15) is 0 Å². The number of aliphatic hydroxyl groups is 1. The summed E-state index contributed by atoms with van der Waals surface area (Å²) in [6, 6.07) is 10.1. The third-order valence-electron chi connectivity index (χ3n) is 5.52. The van der Waals surface area contributed by atoms with Crippen LogP contribution in [0.15, 0.2) is 30.3 Å². The average Bonchev–Trinajstić information content (AvgIpc) is 3.19. The van der Waals surface area contributed by atoms with Crippen molar-refractivity contribution in [3.05, 3.63) is 35.9 Å². The minimum Gasteiger partial charge on any atom is -0.388 e. The number of benzene rings is 1. The summed E-state index contributed by atoms with van der Waals surface area (Å²) in [5.74, 6) is -0.239. The van der Waals surface area contributed by atoms with Crippen LogP contribution in [0.4, 0.5) is 0 Å². The number of hydrogen-bond donors (Lipinski definition) is 1. The van der Waals surface area contributed by atoms with Crippen molar-refractivity contribution in [3.8, 4) is 0 Å². The molecule has 1 heterocycles. The Morgan fingerprint density at radius 2 is 1.96 bits per heavy atom. The van der Waals surface area contributed by atoms with E-state index in [2.05, 4.69) is 12.1 Å². The SMILES string of the molecule is CN(CC1(O)CCCC1)C(=O)C1CC(=O)N(CCc2ccccc2)C1. The van der Waals surface area contributed by atoms with Crippen LogP contribution >= 0.6 is 0 Å². The van der Waals surface area contributed by atoms with Crippen molar-refractivity contribution >= 4 is 11.8 Å². The summed E-state index contributed by atoms with van der Waals surface area (Å²) < 4.78 is 0. The fourth-order valence-corrected chi connectivity index (χ4v) is 4.08. The molecule has 0 radical (unpaired) electrons. The highest BCUT2D eigenvalue weighted by molar-refractivity contribution is 5.89. The van der Waals surface area contributed by atoms with Gasteiger partial charge in [-0.3, -0.25) is 9.59 Å². The lowest BCUT2D eigenvalue weighted by Crippen LogP contribution is -2.44. The highest BCUT2D eigenvalue weighted by Crippen LogP contribution is 2.30. The topological polar surface area (TPSA) is 60.9 Å². The van der Waals surface area contributed by atoms with Crippen LogP contribution < -0.4 is 0 Å². The van der Waals surface area contributed by atoms with Crippen LogP contribution in [0.25, 0.3) is 0 Å². The standard InChI is InChI=1S/C20H28N2O3/c1-21(15-20(25)10-5-6-11-20)19(24)17-13-18(23)22(14-17)12-9-16-7-3-2-4-8-16/h2-4,7-8,17,25H,5-6,9-15H2,1H3.